The third-order valence-corrected chi connectivity index (χ3v) is 3.32. The second-order valence-corrected chi connectivity index (χ2v) is 4.80. The summed E-state index contributed by atoms with van der Waals surface area (Å²) in [6, 6.07) is 10.4. The molecule has 0 fully saturated rings. The maximum Gasteiger partial charge on any atom is 0.180 e. The molecule has 5 heteroatoms. The fourth-order valence-corrected chi connectivity index (χ4v) is 2.24. The van der Waals surface area contributed by atoms with Crippen LogP contribution in [0.15, 0.2) is 48.9 Å². The van der Waals surface area contributed by atoms with Gasteiger partial charge in [-0.15, -0.1) is 0 Å². The van der Waals surface area contributed by atoms with Crippen molar-refractivity contribution < 1.29 is 0 Å². The lowest BCUT2D eigenvalue weighted by Crippen LogP contribution is -2.22. The van der Waals surface area contributed by atoms with Crippen LogP contribution in [0, 0.1) is 0 Å². The minimum Gasteiger partial charge on any atom is -0.382 e. The molecule has 3 rings (SSSR count). The van der Waals surface area contributed by atoms with Gasteiger partial charge in [0.1, 0.15) is 5.82 Å². The number of nitrogen functional groups attached to an aromatic ring is 1. The van der Waals surface area contributed by atoms with Crippen molar-refractivity contribution in [2.75, 3.05) is 24.2 Å². The van der Waals surface area contributed by atoms with Gasteiger partial charge in [0.2, 0.25) is 0 Å². The first-order chi connectivity index (χ1) is 9.74. The number of hydrogen-bond donors (Lipinski definition) is 1. The zero-order valence-electron chi connectivity index (χ0n) is 11.4. The summed E-state index contributed by atoms with van der Waals surface area (Å²) in [6.45, 7) is 0.864. The highest BCUT2D eigenvalue weighted by Crippen LogP contribution is 2.18. The van der Waals surface area contributed by atoms with Crippen LogP contribution in [0.4, 0.5) is 11.6 Å². The Morgan fingerprint density at radius 3 is 2.85 bits per heavy atom. The second-order valence-electron chi connectivity index (χ2n) is 4.80. The van der Waals surface area contributed by atoms with E-state index < -0.39 is 0 Å². The lowest BCUT2D eigenvalue weighted by molar-refractivity contribution is 0.858. The molecule has 3 aromatic rings. The summed E-state index contributed by atoms with van der Waals surface area (Å²) in [4.78, 5) is 10.8. The van der Waals surface area contributed by atoms with Gasteiger partial charge in [0.15, 0.2) is 11.5 Å². The first kappa shape index (κ1) is 12.5. The first-order valence-electron chi connectivity index (χ1n) is 6.58. The molecule has 2 heterocycles. The number of likely N-dealkylation sites (N-methyl/N-ethyl adjacent to an activating group) is 1. The molecule has 0 amide bonds. The molecule has 102 valence electrons. The molecular weight excluding hydrogens is 250 g/mol. The predicted molar refractivity (Wildman–Crippen MR) is 80.8 cm³/mol. The van der Waals surface area contributed by atoms with Gasteiger partial charge in [-0.1, -0.05) is 30.3 Å². The van der Waals surface area contributed by atoms with Gasteiger partial charge in [-0.2, -0.15) is 0 Å². The summed E-state index contributed by atoms with van der Waals surface area (Å²) in [5, 5.41) is 0. The van der Waals surface area contributed by atoms with Crippen molar-refractivity contribution in [2.45, 2.75) is 6.42 Å². The minimum absolute atomic E-state index is 0.497. The molecule has 0 saturated heterocycles. The Labute approximate surface area is 117 Å². The van der Waals surface area contributed by atoms with Crippen molar-refractivity contribution >= 4 is 17.3 Å². The van der Waals surface area contributed by atoms with E-state index in [1.54, 1.807) is 12.4 Å². The van der Waals surface area contributed by atoms with E-state index in [-0.39, 0.29) is 0 Å². The molecule has 0 aliphatic carbocycles. The molecule has 20 heavy (non-hydrogen) atoms. The van der Waals surface area contributed by atoms with Crippen LogP contribution in [0.25, 0.3) is 5.65 Å². The lowest BCUT2D eigenvalue weighted by atomic mass is 10.1. The van der Waals surface area contributed by atoms with Gasteiger partial charge in [0, 0.05) is 26.0 Å². The summed E-state index contributed by atoms with van der Waals surface area (Å²) in [7, 11) is 2.01. The van der Waals surface area contributed by atoms with E-state index >= 15 is 0 Å². The van der Waals surface area contributed by atoms with Gasteiger partial charge in [0.05, 0.1) is 6.20 Å². The summed E-state index contributed by atoms with van der Waals surface area (Å²) >= 11 is 0. The molecule has 0 bridgehead atoms. The normalized spacial score (nSPS) is 10.8. The molecule has 1 aromatic carbocycles. The van der Waals surface area contributed by atoms with Crippen LogP contribution in [0.2, 0.25) is 0 Å². The number of rotatable bonds is 4. The van der Waals surface area contributed by atoms with Crippen LogP contribution in [0.3, 0.4) is 0 Å². The second kappa shape index (κ2) is 5.21. The van der Waals surface area contributed by atoms with Crippen molar-refractivity contribution in [3.8, 4) is 0 Å². The van der Waals surface area contributed by atoms with Crippen LogP contribution in [0.5, 0.6) is 0 Å². The van der Waals surface area contributed by atoms with Gasteiger partial charge in [-0.3, -0.25) is 0 Å². The molecule has 0 spiro atoms. The van der Waals surface area contributed by atoms with Crippen LogP contribution in [-0.4, -0.2) is 28.0 Å². The van der Waals surface area contributed by atoms with Crippen molar-refractivity contribution in [2.24, 2.45) is 0 Å². The first-order valence-corrected chi connectivity index (χ1v) is 6.58. The molecule has 0 aliphatic heterocycles. The lowest BCUT2D eigenvalue weighted by Gasteiger charge is -2.19. The number of nitrogens with two attached hydrogens (primary N) is 1. The monoisotopic (exact) mass is 267 g/mol. The SMILES string of the molecule is CN(CCc1ccccc1)c1nc(N)cn2ccnc12. The van der Waals surface area contributed by atoms with E-state index in [0.29, 0.717) is 5.82 Å². The summed E-state index contributed by atoms with van der Waals surface area (Å²) < 4.78 is 1.90. The highest BCUT2D eigenvalue weighted by molar-refractivity contribution is 5.66. The molecule has 0 unspecified atom stereocenters. The van der Waals surface area contributed by atoms with Gasteiger partial charge >= 0.3 is 0 Å². The van der Waals surface area contributed by atoms with Crippen molar-refractivity contribution in [3.63, 3.8) is 0 Å². The molecular formula is C15H17N5. The summed E-state index contributed by atoms with van der Waals surface area (Å²) in [5.41, 5.74) is 7.98. The maximum atomic E-state index is 5.84. The largest absolute Gasteiger partial charge is 0.382 e. The fourth-order valence-electron chi connectivity index (χ4n) is 2.24. The standard InChI is InChI=1S/C15H17N5/c1-19(9-7-12-5-3-2-4-6-12)15-14-17-8-10-20(14)11-13(16)18-15/h2-6,8,10-11H,7,9,16H2,1H3. The van der Waals surface area contributed by atoms with Gasteiger partial charge < -0.3 is 15.0 Å². The third kappa shape index (κ3) is 2.42. The number of hydrogen-bond acceptors (Lipinski definition) is 4. The molecule has 2 aromatic heterocycles. The van der Waals surface area contributed by atoms with E-state index in [2.05, 4.69) is 39.1 Å². The quantitative estimate of drug-likeness (QED) is 0.785. The fraction of sp³-hybridized carbons (Fsp3) is 0.200. The minimum atomic E-state index is 0.497. The number of nitrogens with zero attached hydrogens (tertiary/aromatic N) is 4. The highest BCUT2D eigenvalue weighted by atomic mass is 15.2. The molecule has 2 N–H and O–H groups in total. The maximum absolute atomic E-state index is 5.84. The van der Waals surface area contributed by atoms with Crippen molar-refractivity contribution in [3.05, 3.63) is 54.5 Å². The molecule has 0 radical (unpaired) electrons. The number of imidazole rings is 1. The number of fused-ring (bicyclic) bond motifs is 1. The predicted octanol–water partition coefficient (Wildman–Crippen LogP) is 1.99. The molecule has 0 aliphatic rings. The van der Waals surface area contributed by atoms with Crippen molar-refractivity contribution in [1.82, 2.24) is 14.4 Å². The number of anilines is 2. The Morgan fingerprint density at radius 1 is 1.25 bits per heavy atom. The Bertz CT molecular complexity index is 705. The van der Waals surface area contributed by atoms with Crippen LogP contribution in [0.1, 0.15) is 5.56 Å². The van der Waals surface area contributed by atoms with E-state index in [9.17, 15) is 0 Å². The smallest absolute Gasteiger partial charge is 0.180 e. The van der Waals surface area contributed by atoms with Gasteiger partial charge in [0.25, 0.3) is 0 Å². The van der Waals surface area contributed by atoms with Crippen LogP contribution < -0.4 is 10.6 Å². The van der Waals surface area contributed by atoms with Gasteiger partial charge in [-0.05, 0) is 12.0 Å². The zero-order chi connectivity index (χ0) is 13.9. The molecule has 0 saturated carbocycles. The summed E-state index contributed by atoms with van der Waals surface area (Å²) in [5.74, 6) is 1.31. The Morgan fingerprint density at radius 2 is 2.05 bits per heavy atom. The number of benzene rings is 1. The van der Waals surface area contributed by atoms with E-state index in [0.717, 1.165) is 24.4 Å². The van der Waals surface area contributed by atoms with Crippen LogP contribution >= 0.6 is 0 Å². The Balaban J connectivity index is 1.82. The van der Waals surface area contributed by atoms with Crippen LogP contribution in [-0.2, 0) is 6.42 Å². The average Bonchev–Trinajstić information content (AvgIpc) is 2.93. The van der Waals surface area contributed by atoms with Crippen molar-refractivity contribution in [1.29, 1.82) is 0 Å². The Hall–Kier alpha value is -2.56. The molecule has 5 nitrogen and oxygen atoms in total. The Kier molecular flexibility index (Phi) is 3.25. The number of aromatic nitrogens is 3. The van der Waals surface area contributed by atoms with E-state index in [1.165, 1.54) is 5.56 Å². The zero-order valence-corrected chi connectivity index (χ0v) is 11.4. The average molecular weight is 267 g/mol. The van der Waals surface area contributed by atoms with E-state index in [4.69, 9.17) is 5.73 Å². The molecule has 0 atom stereocenters. The van der Waals surface area contributed by atoms with E-state index in [1.807, 2.05) is 23.7 Å². The van der Waals surface area contributed by atoms with Gasteiger partial charge in [-0.25, -0.2) is 9.97 Å². The summed E-state index contributed by atoms with van der Waals surface area (Å²) in [6.07, 6.45) is 6.37. The topological polar surface area (TPSA) is 59.5 Å². The highest BCUT2D eigenvalue weighted by Gasteiger charge is 2.10. The third-order valence-electron chi connectivity index (χ3n) is 3.32.